The van der Waals surface area contributed by atoms with E-state index in [0.717, 1.165) is 51.4 Å². The van der Waals surface area contributed by atoms with E-state index in [-0.39, 0.29) is 11.1 Å². The lowest BCUT2D eigenvalue weighted by molar-refractivity contribution is -0.777. The van der Waals surface area contributed by atoms with Crippen LogP contribution in [0.25, 0.3) is 0 Å². The molecule has 0 aliphatic heterocycles. The van der Waals surface area contributed by atoms with Crippen LogP contribution in [0.5, 0.6) is 0 Å². The molecule has 4 fully saturated rings. The van der Waals surface area contributed by atoms with Crippen molar-refractivity contribution in [3.8, 4) is 0 Å². The Bertz CT molecular complexity index is 883. The zero-order valence-corrected chi connectivity index (χ0v) is 20.7. The molecule has 0 radical (unpaired) electrons. The molecule has 1 aromatic rings. The molecule has 6 atom stereocenters. The molecule has 4 aliphatic carbocycles. The van der Waals surface area contributed by atoms with Crippen LogP contribution in [0.4, 0.5) is 0 Å². The lowest BCUT2D eigenvalue weighted by atomic mass is 9.82. The molecule has 0 amide bonds. The van der Waals surface area contributed by atoms with E-state index in [0.29, 0.717) is 40.6 Å². The zero-order valence-electron chi connectivity index (χ0n) is 19.9. The lowest BCUT2D eigenvalue weighted by Crippen LogP contribution is -2.40. The molecule has 4 bridgehead atoms. The van der Waals surface area contributed by atoms with Crippen molar-refractivity contribution in [2.75, 3.05) is 0 Å². The highest BCUT2D eigenvalue weighted by molar-refractivity contribution is 7.94. The summed E-state index contributed by atoms with van der Waals surface area (Å²) in [6.45, 7) is 4.14. The molecule has 0 N–H and O–H groups in total. The summed E-state index contributed by atoms with van der Waals surface area (Å²) in [7, 11) is 0. The first-order valence-electron chi connectivity index (χ1n) is 12.6. The van der Waals surface area contributed by atoms with E-state index in [1.807, 2.05) is 0 Å². The van der Waals surface area contributed by atoms with Gasteiger partial charge in [0.15, 0.2) is 0 Å². The maximum atomic E-state index is 13.3. The van der Waals surface area contributed by atoms with Gasteiger partial charge in [-0.3, -0.25) is 5.04 Å². The van der Waals surface area contributed by atoms with Crippen molar-refractivity contribution in [2.24, 2.45) is 23.7 Å². The zero-order chi connectivity index (χ0) is 23.9. The van der Waals surface area contributed by atoms with E-state index >= 15 is 0 Å². The Morgan fingerprint density at radius 1 is 0.882 bits per heavy atom. The van der Waals surface area contributed by atoms with Crippen LogP contribution in [0.1, 0.15) is 98.8 Å². The van der Waals surface area contributed by atoms with Crippen molar-refractivity contribution >= 4 is 24.0 Å². The molecule has 4 saturated carbocycles. The highest BCUT2D eigenvalue weighted by Gasteiger charge is 2.53. The normalized spacial score (nSPS) is 35.6. The van der Waals surface area contributed by atoms with Crippen molar-refractivity contribution in [2.45, 2.75) is 94.2 Å². The molecule has 0 spiro atoms. The molecule has 34 heavy (non-hydrogen) atoms. The van der Waals surface area contributed by atoms with Crippen molar-refractivity contribution in [3.63, 3.8) is 0 Å². The Balaban J connectivity index is 1.38. The van der Waals surface area contributed by atoms with Crippen LogP contribution >= 0.6 is 12.0 Å². The summed E-state index contributed by atoms with van der Waals surface area (Å²) >= 11 is 0.653. The molecule has 186 valence electrons. The molecule has 1 aromatic carbocycles. The summed E-state index contributed by atoms with van der Waals surface area (Å²) in [5, 5.41) is 13.9. The number of fused-ring (bicyclic) bond motifs is 4. The largest absolute Gasteiger partial charge is 0.691 e. The summed E-state index contributed by atoms with van der Waals surface area (Å²) in [6, 6.07) is 4.67. The Morgan fingerprint density at radius 2 is 1.38 bits per heavy atom. The van der Waals surface area contributed by atoms with Gasteiger partial charge in [-0.05, 0) is 106 Å². The van der Waals surface area contributed by atoms with Gasteiger partial charge in [-0.1, -0.05) is 13.8 Å². The van der Waals surface area contributed by atoms with Crippen LogP contribution in [0.15, 0.2) is 23.1 Å². The van der Waals surface area contributed by atoms with Crippen molar-refractivity contribution in [1.82, 2.24) is 0 Å². The molecule has 7 nitrogen and oxygen atoms in total. The Kier molecular flexibility index (Phi) is 6.70. The third-order valence-electron chi connectivity index (χ3n) is 9.16. The number of rotatable bonds is 9. The van der Waals surface area contributed by atoms with Gasteiger partial charge in [0.05, 0.1) is 23.2 Å². The molecule has 4 aliphatic rings. The number of ether oxygens (including phenoxy) is 2. The Morgan fingerprint density at radius 3 is 1.74 bits per heavy atom. The fraction of sp³-hybridized carbons (Fsp3) is 0.692. The number of carbonyl (C=O) groups is 2. The summed E-state index contributed by atoms with van der Waals surface area (Å²) < 4.78 is 16.8. The monoisotopic (exact) mass is 489 g/mol. The molecule has 0 heterocycles. The molecular weight excluding hydrogens is 456 g/mol. The van der Waals surface area contributed by atoms with E-state index < -0.39 is 23.1 Å². The molecule has 0 aromatic heterocycles. The molecule has 6 unspecified atom stereocenters. The standard InChI is InChI=1S/C26H34O7S/c1-3-25(14-16-5-7-20(25)9-16)30-23(27)18-11-19(13-22(12-18)34-33-32-29)24(28)31-26(4-2)15-17-6-8-21(26)10-17/h11-13,16-17,20-21,29H,3-10,14-15H2,1-2H3/p-1. The third-order valence-corrected chi connectivity index (χ3v) is 9.72. The number of esters is 2. The van der Waals surface area contributed by atoms with Crippen molar-refractivity contribution in [1.29, 1.82) is 0 Å². The van der Waals surface area contributed by atoms with E-state index in [9.17, 15) is 14.8 Å². The number of carbonyl (C=O) groups excluding carboxylic acids is 2. The number of hydrogen-bond donors (Lipinski definition) is 0. The van der Waals surface area contributed by atoms with Gasteiger partial charge in [0.25, 0.3) is 0 Å². The minimum absolute atomic E-state index is 0.250. The SMILES string of the molecule is CCC1(OC(=O)c2cc(SOO[O-])cc(C(=O)OC3(CC)CC4CCC3C4)c2)CC2CCC1C2. The van der Waals surface area contributed by atoms with E-state index in [1.54, 1.807) is 18.2 Å². The number of benzene rings is 1. The molecule has 8 heteroatoms. The van der Waals surface area contributed by atoms with Gasteiger partial charge >= 0.3 is 11.9 Å². The highest BCUT2D eigenvalue weighted by atomic mass is 32.2. The first-order chi connectivity index (χ1) is 16.4. The minimum atomic E-state index is -0.459. The van der Waals surface area contributed by atoms with Gasteiger partial charge in [0.2, 0.25) is 0 Å². The van der Waals surface area contributed by atoms with Gasteiger partial charge in [-0.25, -0.2) is 9.59 Å². The number of hydrogen-bond acceptors (Lipinski definition) is 8. The second-order valence-electron chi connectivity index (χ2n) is 10.7. The highest BCUT2D eigenvalue weighted by Crippen LogP contribution is 2.55. The maximum absolute atomic E-state index is 13.3. The van der Waals surface area contributed by atoms with Crippen LogP contribution in [-0.4, -0.2) is 23.1 Å². The summed E-state index contributed by atoms with van der Waals surface area (Å²) in [4.78, 5) is 27.0. The maximum Gasteiger partial charge on any atom is 0.338 e. The lowest BCUT2D eigenvalue weighted by Gasteiger charge is -2.37. The van der Waals surface area contributed by atoms with Crippen molar-refractivity contribution in [3.05, 3.63) is 29.3 Å². The Hall–Kier alpha value is -1.61. The van der Waals surface area contributed by atoms with Crippen LogP contribution < -0.4 is 5.26 Å². The molecule has 0 saturated heterocycles. The van der Waals surface area contributed by atoms with Crippen LogP contribution in [0.2, 0.25) is 0 Å². The third kappa shape index (κ3) is 4.27. The predicted octanol–water partition coefficient (Wildman–Crippen LogP) is 5.17. The van der Waals surface area contributed by atoms with Gasteiger partial charge in [0, 0.05) is 4.90 Å². The van der Waals surface area contributed by atoms with Gasteiger partial charge in [-0.2, -0.15) is 4.33 Å². The minimum Gasteiger partial charge on any atom is -0.691 e. The fourth-order valence-electron chi connectivity index (χ4n) is 7.47. The first kappa shape index (κ1) is 24.1. The first-order valence-corrected chi connectivity index (χ1v) is 13.4. The quantitative estimate of drug-likeness (QED) is 0.203. The fourth-order valence-corrected chi connectivity index (χ4v) is 7.93. The van der Waals surface area contributed by atoms with Crippen LogP contribution in [0.3, 0.4) is 0 Å². The average molecular weight is 490 g/mol. The van der Waals surface area contributed by atoms with E-state index in [4.69, 9.17) is 9.47 Å². The van der Waals surface area contributed by atoms with Gasteiger partial charge < -0.3 is 14.7 Å². The summed E-state index contributed by atoms with van der Waals surface area (Å²) in [5.41, 5.74) is -0.372. The predicted molar refractivity (Wildman–Crippen MR) is 122 cm³/mol. The second kappa shape index (κ2) is 9.45. The Labute approximate surface area is 204 Å². The average Bonchev–Trinajstić information content (AvgIpc) is 3.64. The smallest absolute Gasteiger partial charge is 0.338 e. The van der Waals surface area contributed by atoms with Crippen molar-refractivity contribution < 1.29 is 33.7 Å². The second-order valence-corrected chi connectivity index (χ2v) is 11.5. The summed E-state index contributed by atoms with van der Waals surface area (Å²) in [5.74, 6) is 1.12. The van der Waals surface area contributed by atoms with Crippen LogP contribution in [-0.2, 0) is 18.8 Å². The van der Waals surface area contributed by atoms with E-state index in [2.05, 4.69) is 23.2 Å². The molecule has 5 rings (SSSR count). The topological polar surface area (TPSA) is 94.1 Å². The van der Waals surface area contributed by atoms with Gasteiger partial charge in [0.1, 0.15) is 11.2 Å². The van der Waals surface area contributed by atoms with Crippen LogP contribution in [0, 0.1) is 23.7 Å². The molecular formula is C26H33O7S-. The van der Waals surface area contributed by atoms with E-state index in [1.165, 1.54) is 12.8 Å². The van der Waals surface area contributed by atoms with Gasteiger partial charge in [-0.15, -0.1) is 0 Å². The summed E-state index contributed by atoms with van der Waals surface area (Å²) in [6.07, 6.45) is 10.2.